The summed E-state index contributed by atoms with van der Waals surface area (Å²) in [6, 6.07) is 3.73. The molecule has 0 saturated heterocycles. The normalized spacial score (nSPS) is 19.8. The van der Waals surface area contributed by atoms with E-state index < -0.39 is 0 Å². The predicted octanol–water partition coefficient (Wildman–Crippen LogP) is 3.80. The number of hydrogen-bond acceptors (Lipinski definition) is 4. The van der Waals surface area contributed by atoms with E-state index in [2.05, 4.69) is 12.2 Å². The van der Waals surface area contributed by atoms with Gasteiger partial charge in [-0.3, -0.25) is 4.79 Å². The van der Waals surface area contributed by atoms with Crippen LogP contribution in [-0.2, 0) is 0 Å². The van der Waals surface area contributed by atoms with Crippen LogP contribution in [0.25, 0.3) is 0 Å². The molecular weight excluding hydrogens is 306 g/mol. The highest BCUT2D eigenvalue weighted by Gasteiger charge is 2.26. The van der Waals surface area contributed by atoms with E-state index in [1.807, 2.05) is 20.8 Å². The van der Waals surface area contributed by atoms with Crippen molar-refractivity contribution in [2.45, 2.75) is 53.0 Å². The third-order valence-corrected chi connectivity index (χ3v) is 4.35. The number of ether oxygens (including phenoxy) is 3. The zero-order valence-electron chi connectivity index (χ0n) is 15.2. The summed E-state index contributed by atoms with van der Waals surface area (Å²) in [5.41, 5.74) is 0.546. The average Bonchev–Trinajstić information content (AvgIpc) is 2.95. The first-order valence-electron chi connectivity index (χ1n) is 8.97. The number of amides is 1. The first kappa shape index (κ1) is 18.4. The van der Waals surface area contributed by atoms with E-state index in [-0.39, 0.29) is 11.9 Å². The second-order valence-corrected chi connectivity index (χ2v) is 6.09. The second-order valence-electron chi connectivity index (χ2n) is 6.09. The summed E-state index contributed by atoms with van der Waals surface area (Å²) >= 11 is 0. The van der Waals surface area contributed by atoms with Gasteiger partial charge in [-0.1, -0.05) is 13.3 Å². The lowest BCUT2D eigenvalue weighted by atomic mass is 10.1. The van der Waals surface area contributed by atoms with Crippen molar-refractivity contribution in [1.29, 1.82) is 0 Å². The van der Waals surface area contributed by atoms with Crippen LogP contribution in [0.4, 0.5) is 0 Å². The molecule has 2 unspecified atom stereocenters. The molecule has 1 aromatic carbocycles. The van der Waals surface area contributed by atoms with E-state index in [0.29, 0.717) is 48.6 Å². The monoisotopic (exact) mass is 335 g/mol. The summed E-state index contributed by atoms with van der Waals surface area (Å²) < 4.78 is 17.0. The van der Waals surface area contributed by atoms with Gasteiger partial charge in [0.1, 0.15) is 0 Å². The fraction of sp³-hybridized carbons (Fsp3) is 0.632. The molecule has 0 radical (unpaired) electrons. The van der Waals surface area contributed by atoms with Gasteiger partial charge in [0.2, 0.25) is 5.75 Å². The molecule has 2 rings (SSSR count). The van der Waals surface area contributed by atoms with Crippen molar-refractivity contribution in [2.24, 2.45) is 5.92 Å². The zero-order valence-corrected chi connectivity index (χ0v) is 15.2. The minimum atomic E-state index is -0.0845. The number of nitrogens with one attached hydrogen (secondary N) is 1. The van der Waals surface area contributed by atoms with Crippen LogP contribution < -0.4 is 19.5 Å². The SMILES string of the molecule is CCOc1cc(C(=O)NC2CCCC2C)cc(OCC)c1OCC. The molecule has 0 aliphatic heterocycles. The molecule has 0 spiro atoms. The van der Waals surface area contributed by atoms with Gasteiger partial charge in [-0.2, -0.15) is 0 Å². The van der Waals surface area contributed by atoms with Crippen molar-refractivity contribution in [3.05, 3.63) is 17.7 Å². The summed E-state index contributed by atoms with van der Waals surface area (Å²) in [6.07, 6.45) is 3.38. The van der Waals surface area contributed by atoms with Crippen LogP contribution in [0.15, 0.2) is 12.1 Å². The Labute approximate surface area is 144 Å². The molecule has 0 bridgehead atoms. The van der Waals surface area contributed by atoms with Crippen molar-refractivity contribution in [2.75, 3.05) is 19.8 Å². The summed E-state index contributed by atoms with van der Waals surface area (Å²) in [4.78, 5) is 12.7. The maximum Gasteiger partial charge on any atom is 0.251 e. The Morgan fingerprint density at radius 1 is 1.04 bits per heavy atom. The molecule has 1 saturated carbocycles. The van der Waals surface area contributed by atoms with Gasteiger partial charge in [0.15, 0.2) is 11.5 Å². The highest BCUT2D eigenvalue weighted by Crippen LogP contribution is 2.39. The summed E-state index contributed by atoms with van der Waals surface area (Å²) in [6.45, 7) is 9.41. The topological polar surface area (TPSA) is 56.8 Å². The predicted molar refractivity (Wildman–Crippen MR) is 94.2 cm³/mol. The molecule has 5 nitrogen and oxygen atoms in total. The quantitative estimate of drug-likeness (QED) is 0.785. The van der Waals surface area contributed by atoms with Gasteiger partial charge in [0.25, 0.3) is 5.91 Å². The van der Waals surface area contributed by atoms with Crippen molar-refractivity contribution in [1.82, 2.24) is 5.32 Å². The van der Waals surface area contributed by atoms with Crippen molar-refractivity contribution >= 4 is 5.91 Å². The average molecular weight is 335 g/mol. The van der Waals surface area contributed by atoms with E-state index in [1.54, 1.807) is 12.1 Å². The fourth-order valence-electron chi connectivity index (χ4n) is 3.13. The number of carbonyl (C=O) groups is 1. The Hall–Kier alpha value is -1.91. The minimum absolute atomic E-state index is 0.0845. The molecule has 1 N–H and O–H groups in total. The van der Waals surface area contributed by atoms with Crippen LogP contribution in [0.2, 0.25) is 0 Å². The molecule has 0 aromatic heterocycles. The highest BCUT2D eigenvalue weighted by atomic mass is 16.5. The molecule has 5 heteroatoms. The molecule has 1 aliphatic carbocycles. The maximum atomic E-state index is 12.7. The summed E-state index contributed by atoms with van der Waals surface area (Å²) in [7, 11) is 0. The molecule has 1 aliphatic rings. The van der Waals surface area contributed by atoms with E-state index in [9.17, 15) is 4.79 Å². The van der Waals surface area contributed by atoms with E-state index >= 15 is 0 Å². The van der Waals surface area contributed by atoms with Crippen molar-refractivity contribution in [3.8, 4) is 17.2 Å². The van der Waals surface area contributed by atoms with E-state index in [0.717, 1.165) is 6.42 Å². The third-order valence-electron chi connectivity index (χ3n) is 4.35. The number of rotatable bonds is 8. The van der Waals surface area contributed by atoms with Gasteiger partial charge < -0.3 is 19.5 Å². The number of carbonyl (C=O) groups excluding carboxylic acids is 1. The Bertz CT molecular complexity index is 531. The summed E-state index contributed by atoms with van der Waals surface area (Å²) in [5, 5.41) is 3.14. The molecule has 2 atom stereocenters. The Morgan fingerprint density at radius 3 is 2.08 bits per heavy atom. The Balaban J connectivity index is 2.29. The molecular formula is C19H29NO4. The smallest absolute Gasteiger partial charge is 0.251 e. The van der Waals surface area contributed by atoms with Crippen molar-refractivity contribution in [3.63, 3.8) is 0 Å². The fourth-order valence-corrected chi connectivity index (χ4v) is 3.13. The largest absolute Gasteiger partial charge is 0.490 e. The van der Waals surface area contributed by atoms with Gasteiger partial charge in [0, 0.05) is 11.6 Å². The molecule has 24 heavy (non-hydrogen) atoms. The van der Waals surface area contributed by atoms with Gasteiger partial charge in [-0.05, 0) is 51.7 Å². The van der Waals surface area contributed by atoms with Crippen LogP contribution in [0, 0.1) is 5.92 Å². The standard InChI is InChI=1S/C19H29NO4/c1-5-22-16-11-14(12-17(23-6-2)18(16)24-7-3)19(21)20-15-10-8-9-13(15)4/h11-13,15H,5-10H2,1-4H3,(H,20,21). The zero-order chi connectivity index (χ0) is 17.5. The molecule has 1 fully saturated rings. The molecule has 0 heterocycles. The van der Waals surface area contributed by atoms with Gasteiger partial charge in [-0.25, -0.2) is 0 Å². The second kappa shape index (κ2) is 8.81. The lowest BCUT2D eigenvalue weighted by Gasteiger charge is -2.20. The number of benzene rings is 1. The highest BCUT2D eigenvalue weighted by molar-refractivity contribution is 5.95. The van der Waals surface area contributed by atoms with Gasteiger partial charge in [-0.15, -0.1) is 0 Å². The molecule has 134 valence electrons. The third kappa shape index (κ3) is 4.34. The van der Waals surface area contributed by atoms with E-state index in [1.165, 1.54) is 12.8 Å². The Morgan fingerprint density at radius 2 is 1.62 bits per heavy atom. The van der Waals surface area contributed by atoms with Crippen LogP contribution in [0.3, 0.4) is 0 Å². The number of hydrogen-bond donors (Lipinski definition) is 1. The van der Waals surface area contributed by atoms with Gasteiger partial charge in [0.05, 0.1) is 19.8 Å². The lowest BCUT2D eigenvalue weighted by Crippen LogP contribution is -2.36. The first-order valence-corrected chi connectivity index (χ1v) is 8.97. The first-order chi connectivity index (χ1) is 11.6. The molecule has 1 aromatic rings. The van der Waals surface area contributed by atoms with E-state index in [4.69, 9.17) is 14.2 Å². The van der Waals surface area contributed by atoms with Crippen LogP contribution in [0.1, 0.15) is 57.3 Å². The maximum absolute atomic E-state index is 12.7. The Kier molecular flexibility index (Phi) is 6.76. The van der Waals surface area contributed by atoms with Crippen LogP contribution in [-0.4, -0.2) is 31.8 Å². The van der Waals surface area contributed by atoms with Crippen molar-refractivity contribution < 1.29 is 19.0 Å². The molecule has 1 amide bonds. The van der Waals surface area contributed by atoms with Crippen LogP contribution >= 0.6 is 0 Å². The summed E-state index contributed by atoms with van der Waals surface area (Å²) in [5.74, 6) is 2.10. The van der Waals surface area contributed by atoms with Crippen LogP contribution in [0.5, 0.6) is 17.2 Å². The lowest BCUT2D eigenvalue weighted by molar-refractivity contribution is 0.0928. The minimum Gasteiger partial charge on any atom is -0.490 e. The van der Waals surface area contributed by atoms with Gasteiger partial charge >= 0.3 is 0 Å².